The molecule has 0 aromatic rings. The minimum Gasteiger partial charge on any atom is -0.312 e. The van der Waals surface area contributed by atoms with Crippen LogP contribution in [0.5, 0.6) is 0 Å². The van der Waals surface area contributed by atoms with Crippen molar-refractivity contribution in [2.75, 3.05) is 46.8 Å². The third-order valence-corrected chi connectivity index (χ3v) is 3.21. The minimum atomic E-state index is 0.726. The van der Waals surface area contributed by atoms with Gasteiger partial charge in [-0.3, -0.25) is 0 Å². The lowest BCUT2D eigenvalue weighted by Crippen LogP contribution is -2.35. The van der Waals surface area contributed by atoms with Gasteiger partial charge in [0.25, 0.3) is 0 Å². The van der Waals surface area contributed by atoms with Crippen molar-refractivity contribution in [2.24, 2.45) is 5.92 Å². The number of likely N-dealkylation sites (tertiary alicyclic amines) is 1. The minimum absolute atomic E-state index is 0.726. The van der Waals surface area contributed by atoms with Gasteiger partial charge in [0.05, 0.1) is 0 Å². The summed E-state index contributed by atoms with van der Waals surface area (Å²) in [6.07, 6.45) is 1.91. The lowest BCUT2D eigenvalue weighted by atomic mass is 10.1. The first-order valence-corrected chi connectivity index (χ1v) is 5.85. The van der Waals surface area contributed by atoms with Gasteiger partial charge in [-0.15, -0.1) is 6.58 Å². The number of rotatable bonds is 6. The Morgan fingerprint density at radius 1 is 1.47 bits per heavy atom. The first kappa shape index (κ1) is 12.7. The van der Waals surface area contributed by atoms with Crippen molar-refractivity contribution in [1.29, 1.82) is 0 Å². The first-order valence-electron chi connectivity index (χ1n) is 5.85. The highest BCUT2D eigenvalue weighted by Crippen LogP contribution is 2.19. The fourth-order valence-corrected chi connectivity index (χ4v) is 2.34. The van der Waals surface area contributed by atoms with Gasteiger partial charge < -0.3 is 15.1 Å². The summed E-state index contributed by atoms with van der Waals surface area (Å²) in [6, 6.07) is 0.726. The SMILES string of the molecule is C=CCNCCN1CC(C)C(N(C)C)C1. The fraction of sp³-hybridized carbons (Fsp3) is 0.833. The van der Waals surface area contributed by atoms with Crippen LogP contribution < -0.4 is 5.32 Å². The molecule has 3 heteroatoms. The van der Waals surface area contributed by atoms with Gasteiger partial charge >= 0.3 is 0 Å². The fourth-order valence-electron chi connectivity index (χ4n) is 2.34. The maximum Gasteiger partial charge on any atom is 0.0254 e. The van der Waals surface area contributed by atoms with Gasteiger partial charge in [0.15, 0.2) is 0 Å². The molecule has 1 aliphatic heterocycles. The van der Waals surface area contributed by atoms with Crippen LogP contribution in [-0.4, -0.2) is 62.7 Å². The molecular formula is C12H25N3. The molecule has 2 atom stereocenters. The summed E-state index contributed by atoms with van der Waals surface area (Å²) in [6.45, 7) is 11.6. The Labute approximate surface area is 94.1 Å². The van der Waals surface area contributed by atoms with Gasteiger partial charge in [-0.05, 0) is 20.0 Å². The van der Waals surface area contributed by atoms with Crippen LogP contribution in [0.25, 0.3) is 0 Å². The van der Waals surface area contributed by atoms with Crippen LogP contribution in [-0.2, 0) is 0 Å². The molecule has 1 aliphatic rings. The Bertz CT molecular complexity index is 191. The molecule has 1 N–H and O–H groups in total. The topological polar surface area (TPSA) is 18.5 Å². The summed E-state index contributed by atoms with van der Waals surface area (Å²) in [7, 11) is 4.36. The summed E-state index contributed by atoms with van der Waals surface area (Å²) < 4.78 is 0. The average molecular weight is 211 g/mol. The molecule has 88 valence electrons. The smallest absolute Gasteiger partial charge is 0.0254 e. The third kappa shape index (κ3) is 3.93. The molecule has 0 saturated carbocycles. The van der Waals surface area contributed by atoms with E-state index in [1.807, 2.05) is 6.08 Å². The number of nitrogens with zero attached hydrogens (tertiary/aromatic N) is 2. The highest BCUT2D eigenvalue weighted by Gasteiger charge is 2.30. The summed E-state index contributed by atoms with van der Waals surface area (Å²) in [4.78, 5) is 4.90. The van der Waals surface area contributed by atoms with E-state index in [2.05, 4.69) is 42.7 Å². The van der Waals surface area contributed by atoms with E-state index in [-0.39, 0.29) is 0 Å². The van der Waals surface area contributed by atoms with E-state index in [9.17, 15) is 0 Å². The van der Waals surface area contributed by atoms with Crippen molar-refractivity contribution >= 4 is 0 Å². The zero-order valence-electron chi connectivity index (χ0n) is 10.4. The molecule has 0 radical (unpaired) electrons. The summed E-state index contributed by atoms with van der Waals surface area (Å²) in [5.41, 5.74) is 0. The van der Waals surface area contributed by atoms with Crippen LogP contribution in [0, 0.1) is 5.92 Å². The standard InChI is InChI=1S/C12H25N3/c1-5-6-13-7-8-15-9-11(2)12(10-15)14(3)4/h5,11-13H,1,6-10H2,2-4H3. The monoisotopic (exact) mass is 211 g/mol. The van der Waals surface area contributed by atoms with Crippen LogP contribution in [0.3, 0.4) is 0 Å². The molecule has 0 aromatic carbocycles. The van der Waals surface area contributed by atoms with E-state index >= 15 is 0 Å². The highest BCUT2D eigenvalue weighted by molar-refractivity contribution is 4.86. The average Bonchev–Trinajstić information content (AvgIpc) is 2.55. The van der Waals surface area contributed by atoms with Gasteiger partial charge in [-0.1, -0.05) is 13.0 Å². The molecule has 0 amide bonds. The van der Waals surface area contributed by atoms with E-state index in [0.29, 0.717) is 0 Å². The van der Waals surface area contributed by atoms with E-state index < -0.39 is 0 Å². The molecule has 3 nitrogen and oxygen atoms in total. The highest BCUT2D eigenvalue weighted by atomic mass is 15.2. The molecule has 15 heavy (non-hydrogen) atoms. The Kier molecular flexibility index (Phi) is 5.29. The Balaban J connectivity index is 2.20. The van der Waals surface area contributed by atoms with E-state index in [1.165, 1.54) is 13.1 Å². The lowest BCUT2D eigenvalue weighted by Gasteiger charge is -2.22. The van der Waals surface area contributed by atoms with Crippen LogP contribution >= 0.6 is 0 Å². The second-order valence-corrected chi connectivity index (χ2v) is 4.76. The molecule has 0 aromatic heterocycles. The Hall–Kier alpha value is -0.380. The Morgan fingerprint density at radius 3 is 2.73 bits per heavy atom. The van der Waals surface area contributed by atoms with Crippen LogP contribution in [0.2, 0.25) is 0 Å². The molecule has 1 rings (SSSR count). The van der Waals surface area contributed by atoms with Crippen molar-refractivity contribution in [3.05, 3.63) is 12.7 Å². The third-order valence-electron chi connectivity index (χ3n) is 3.21. The second kappa shape index (κ2) is 6.26. The molecule has 2 unspecified atom stereocenters. The molecular weight excluding hydrogens is 186 g/mol. The van der Waals surface area contributed by atoms with Gasteiger partial charge in [-0.25, -0.2) is 0 Å². The molecule has 0 aliphatic carbocycles. The van der Waals surface area contributed by atoms with E-state index in [4.69, 9.17) is 0 Å². The van der Waals surface area contributed by atoms with Crippen molar-refractivity contribution in [1.82, 2.24) is 15.1 Å². The van der Waals surface area contributed by atoms with Crippen molar-refractivity contribution in [2.45, 2.75) is 13.0 Å². The van der Waals surface area contributed by atoms with Crippen LogP contribution in [0.15, 0.2) is 12.7 Å². The molecule has 1 fully saturated rings. The van der Waals surface area contributed by atoms with Crippen molar-refractivity contribution in [3.63, 3.8) is 0 Å². The van der Waals surface area contributed by atoms with Gasteiger partial charge in [0, 0.05) is 38.8 Å². The maximum atomic E-state index is 3.69. The normalized spacial score (nSPS) is 27.5. The quantitative estimate of drug-likeness (QED) is 0.514. The number of hydrogen-bond acceptors (Lipinski definition) is 3. The molecule has 0 spiro atoms. The predicted octanol–water partition coefficient (Wildman–Crippen LogP) is 0.644. The van der Waals surface area contributed by atoms with Crippen LogP contribution in [0.1, 0.15) is 6.92 Å². The molecule has 1 saturated heterocycles. The second-order valence-electron chi connectivity index (χ2n) is 4.76. The summed E-state index contributed by atoms with van der Waals surface area (Å²) in [5, 5.41) is 3.35. The first-order chi connectivity index (χ1) is 7.15. The van der Waals surface area contributed by atoms with Crippen molar-refractivity contribution in [3.8, 4) is 0 Å². The molecule has 1 heterocycles. The number of hydrogen-bond donors (Lipinski definition) is 1. The zero-order chi connectivity index (χ0) is 11.3. The maximum absolute atomic E-state index is 3.69. The molecule has 0 bridgehead atoms. The Morgan fingerprint density at radius 2 is 2.20 bits per heavy atom. The predicted molar refractivity (Wildman–Crippen MR) is 66.1 cm³/mol. The van der Waals surface area contributed by atoms with E-state index in [1.54, 1.807) is 0 Å². The van der Waals surface area contributed by atoms with Gasteiger partial charge in [0.1, 0.15) is 0 Å². The number of nitrogens with one attached hydrogen (secondary N) is 1. The lowest BCUT2D eigenvalue weighted by molar-refractivity contribution is 0.252. The van der Waals surface area contributed by atoms with Crippen LogP contribution in [0.4, 0.5) is 0 Å². The zero-order valence-corrected chi connectivity index (χ0v) is 10.4. The summed E-state index contributed by atoms with van der Waals surface area (Å²) in [5.74, 6) is 0.791. The van der Waals surface area contributed by atoms with E-state index in [0.717, 1.165) is 31.6 Å². The van der Waals surface area contributed by atoms with Gasteiger partial charge in [-0.2, -0.15) is 0 Å². The van der Waals surface area contributed by atoms with Crippen molar-refractivity contribution < 1.29 is 0 Å². The number of likely N-dealkylation sites (N-methyl/N-ethyl adjacent to an activating group) is 1. The van der Waals surface area contributed by atoms with Gasteiger partial charge in [0.2, 0.25) is 0 Å². The summed E-state index contributed by atoms with van der Waals surface area (Å²) >= 11 is 0. The largest absolute Gasteiger partial charge is 0.312 e.